The lowest BCUT2D eigenvalue weighted by Gasteiger charge is -2.25. The maximum Gasteiger partial charge on any atom is 0.0596 e. The first-order valence-corrected chi connectivity index (χ1v) is 6.16. The first-order chi connectivity index (χ1) is 8.58. The highest BCUT2D eigenvalue weighted by Gasteiger charge is 2.16. The minimum Gasteiger partial charge on any atom is -0.399 e. The van der Waals surface area contributed by atoms with Crippen molar-refractivity contribution < 1.29 is 0 Å². The molecule has 0 aliphatic rings. The second-order valence-electron chi connectivity index (χ2n) is 4.95. The zero-order valence-electron chi connectivity index (χ0n) is 11.2. The summed E-state index contributed by atoms with van der Waals surface area (Å²) in [5.41, 5.74) is 10.4. The Kier molecular flexibility index (Phi) is 3.68. The molecule has 0 saturated carbocycles. The Balaban J connectivity index is 2.43. The van der Waals surface area contributed by atoms with Crippen molar-refractivity contribution in [1.82, 2.24) is 4.90 Å². The molecule has 0 heterocycles. The van der Waals surface area contributed by atoms with Gasteiger partial charge in [-0.1, -0.05) is 42.0 Å². The fourth-order valence-corrected chi connectivity index (χ4v) is 2.31. The largest absolute Gasteiger partial charge is 0.399 e. The normalized spacial score (nSPS) is 12.7. The van der Waals surface area contributed by atoms with Crippen molar-refractivity contribution in [2.75, 3.05) is 19.8 Å². The second-order valence-corrected chi connectivity index (χ2v) is 4.95. The van der Waals surface area contributed by atoms with Gasteiger partial charge in [-0.15, -0.1) is 0 Å². The first kappa shape index (κ1) is 12.7. The number of nitrogen functional groups attached to an aromatic ring is 1. The van der Waals surface area contributed by atoms with Crippen LogP contribution >= 0.6 is 0 Å². The third kappa shape index (κ3) is 2.71. The molecule has 0 saturated heterocycles. The van der Waals surface area contributed by atoms with Gasteiger partial charge in [0.2, 0.25) is 0 Å². The lowest BCUT2D eigenvalue weighted by atomic mass is 9.96. The van der Waals surface area contributed by atoms with Crippen LogP contribution in [0.3, 0.4) is 0 Å². The Bertz CT molecular complexity index is 515. The quantitative estimate of drug-likeness (QED) is 0.835. The van der Waals surface area contributed by atoms with Crippen molar-refractivity contribution >= 4 is 5.69 Å². The van der Waals surface area contributed by atoms with Crippen LogP contribution in [-0.4, -0.2) is 19.0 Å². The van der Waals surface area contributed by atoms with Crippen molar-refractivity contribution in [3.63, 3.8) is 0 Å². The molecule has 2 rings (SSSR count). The van der Waals surface area contributed by atoms with Gasteiger partial charge >= 0.3 is 0 Å². The van der Waals surface area contributed by atoms with Crippen LogP contribution in [-0.2, 0) is 0 Å². The molecule has 2 aromatic carbocycles. The fraction of sp³-hybridized carbons (Fsp3) is 0.250. The van der Waals surface area contributed by atoms with Gasteiger partial charge in [-0.05, 0) is 44.3 Å². The number of nitrogens with zero attached hydrogens (tertiary/aromatic N) is 1. The Labute approximate surface area is 109 Å². The van der Waals surface area contributed by atoms with E-state index in [1.54, 1.807) is 0 Å². The minimum absolute atomic E-state index is 0.269. The molecule has 2 nitrogen and oxygen atoms in total. The van der Waals surface area contributed by atoms with Gasteiger partial charge in [-0.2, -0.15) is 0 Å². The number of nitrogens with two attached hydrogens (primary N) is 1. The minimum atomic E-state index is 0.269. The molecule has 0 aliphatic heterocycles. The van der Waals surface area contributed by atoms with Crippen molar-refractivity contribution in [3.8, 4) is 0 Å². The molecule has 0 aliphatic carbocycles. The molecular formula is C16H20N2. The van der Waals surface area contributed by atoms with Crippen LogP contribution in [0.25, 0.3) is 0 Å². The van der Waals surface area contributed by atoms with Gasteiger partial charge in [0.25, 0.3) is 0 Å². The summed E-state index contributed by atoms with van der Waals surface area (Å²) in [4.78, 5) is 2.22. The molecule has 0 aromatic heterocycles. The van der Waals surface area contributed by atoms with Gasteiger partial charge in [0, 0.05) is 5.69 Å². The van der Waals surface area contributed by atoms with Crippen LogP contribution in [0.2, 0.25) is 0 Å². The van der Waals surface area contributed by atoms with Crippen LogP contribution in [0, 0.1) is 6.92 Å². The predicted octanol–water partition coefficient (Wildman–Crippen LogP) is 3.23. The van der Waals surface area contributed by atoms with E-state index in [2.05, 4.69) is 62.3 Å². The van der Waals surface area contributed by atoms with Crippen LogP contribution in [0.1, 0.15) is 22.7 Å². The smallest absolute Gasteiger partial charge is 0.0596 e. The summed E-state index contributed by atoms with van der Waals surface area (Å²) in [6.07, 6.45) is 0. The molecule has 94 valence electrons. The maximum atomic E-state index is 5.75. The van der Waals surface area contributed by atoms with E-state index >= 15 is 0 Å². The molecule has 0 spiro atoms. The van der Waals surface area contributed by atoms with Gasteiger partial charge in [0.15, 0.2) is 0 Å². The molecule has 2 N–H and O–H groups in total. The summed E-state index contributed by atoms with van der Waals surface area (Å²) in [5, 5.41) is 0. The Morgan fingerprint density at radius 1 is 0.944 bits per heavy atom. The van der Waals surface area contributed by atoms with E-state index in [-0.39, 0.29) is 6.04 Å². The van der Waals surface area contributed by atoms with Crippen molar-refractivity contribution in [2.45, 2.75) is 13.0 Å². The van der Waals surface area contributed by atoms with Gasteiger partial charge in [-0.25, -0.2) is 0 Å². The van der Waals surface area contributed by atoms with Crippen molar-refractivity contribution in [2.24, 2.45) is 0 Å². The molecule has 0 amide bonds. The summed E-state index contributed by atoms with van der Waals surface area (Å²) in [6.45, 7) is 2.12. The molecule has 2 aromatic rings. The lowest BCUT2D eigenvalue weighted by Crippen LogP contribution is -2.21. The number of anilines is 1. The summed E-state index contributed by atoms with van der Waals surface area (Å²) < 4.78 is 0. The second kappa shape index (κ2) is 5.23. The van der Waals surface area contributed by atoms with E-state index in [1.807, 2.05) is 12.1 Å². The molecule has 0 bridgehead atoms. The summed E-state index contributed by atoms with van der Waals surface area (Å²) >= 11 is 0. The Morgan fingerprint density at radius 2 is 1.61 bits per heavy atom. The maximum absolute atomic E-state index is 5.75. The lowest BCUT2D eigenvalue weighted by molar-refractivity contribution is 0.342. The van der Waals surface area contributed by atoms with Gasteiger partial charge in [-0.3, -0.25) is 4.90 Å². The third-order valence-electron chi connectivity index (χ3n) is 3.13. The van der Waals surface area contributed by atoms with Crippen molar-refractivity contribution in [3.05, 3.63) is 65.2 Å². The highest BCUT2D eigenvalue weighted by Crippen LogP contribution is 2.27. The standard InChI is InChI=1S/C16H20N2/c1-12-5-4-6-14(11-12)16(18(2)3)13-7-9-15(17)10-8-13/h4-11,16H,17H2,1-3H3. The number of aryl methyl sites for hydroxylation is 1. The van der Waals surface area contributed by atoms with Crippen LogP contribution in [0.15, 0.2) is 48.5 Å². The number of hydrogen-bond acceptors (Lipinski definition) is 2. The van der Waals surface area contributed by atoms with E-state index in [1.165, 1.54) is 16.7 Å². The van der Waals surface area contributed by atoms with Crippen molar-refractivity contribution in [1.29, 1.82) is 0 Å². The van der Waals surface area contributed by atoms with E-state index < -0.39 is 0 Å². The van der Waals surface area contributed by atoms with E-state index in [9.17, 15) is 0 Å². The molecular weight excluding hydrogens is 220 g/mol. The van der Waals surface area contributed by atoms with Crippen LogP contribution < -0.4 is 5.73 Å². The van der Waals surface area contributed by atoms with Crippen LogP contribution in [0.5, 0.6) is 0 Å². The SMILES string of the molecule is Cc1cccc(C(c2ccc(N)cc2)N(C)C)c1. The van der Waals surface area contributed by atoms with E-state index in [4.69, 9.17) is 5.73 Å². The van der Waals surface area contributed by atoms with Gasteiger partial charge < -0.3 is 5.73 Å². The van der Waals surface area contributed by atoms with Crippen LogP contribution in [0.4, 0.5) is 5.69 Å². The van der Waals surface area contributed by atoms with E-state index in [0.29, 0.717) is 0 Å². The summed E-state index contributed by atoms with van der Waals surface area (Å²) in [6, 6.07) is 17.0. The zero-order chi connectivity index (χ0) is 13.1. The summed E-state index contributed by atoms with van der Waals surface area (Å²) in [7, 11) is 4.20. The zero-order valence-corrected chi connectivity index (χ0v) is 11.2. The highest BCUT2D eigenvalue weighted by molar-refractivity contribution is 5.42. The molecule has 18 heavy (non-hydrogen) atoms. The van der Waals surface area contributed by atoms with E-state index in [0.717, 1.165) is 5.69 Å². The average Bonchev–Trinajstić information content (AvgIpc) is 2.32. The summed E-state index contributed by atoms with van der Waals surface area (Å²) in [5.74, 6) is 0. The first-order valence-electron chi connectivity index (χ1n) is 6.16. The molecule has 0 fully saturated rings. The molecule has 2 heteroatoms. The Morgan fingerprint density at radius 3 is 2.17 bits per heavy atom. The van der Waals surface area contributed by atoms with Gasteiger partial charge in [0.05, 0.1) is 6.04 Å². The molecule has 0 radical (unpaired) electrons. The fourth-order valence-electron chi connectivity index (χ4n) is 2.31. The molecule has 1 atom stereocenters. The number of hydrogen-bond donors (Lipinski definition) is 1. The monoisotopic (exact) mass is 240 g/mol. The highest BCUT2D eigenvalue weighted by atomic mass is 15.1. The predicted molar refractivity (Wildman–Crippen MR) is 77.6 cm³/mol. The number of benzene rings is 2. The third-order valence-corrected chi connectivity index (χ3v) is 3.13. The topological polar surface area (TPSA) is 29.3 Å². The average molecular weight is 240 g/mol. The Hall–Kier alpha value is -1.80. The number of rotatable bonds is 3. The van der Waals surface area contributed by atoms with Gasteiger partial charge in [0.1, 0.15) is 0 Å². The molecule has 1 unspecified atom stereocenters.